The Hall–Kier alpha value is -1.89. The van der Waals surface area contributed by atoms with Gasteiger partial charge in [-0.2, -0.15) is 4.98 Å². The predicted molar refractivity (Wildman–Crippen MR) is 73.9 cm³/mol. The van der Waals surface area contributed by atoms with Crippen molar-refractivity contribution >= 4 is 27.5 Å². The van der Waals surface area contributed by atoms with Crippen molar-refractivity contribution in [3.63, 3.8) is 0 Å². The van der Waals surface area contributed by atoms with Gasteiger partial charge in [0, 0.05) is 12.6 Å². The Kier molecular flexibility index (Phi) is 3.20. The van der Waals surface area contributed by atoms with Crippen LogP contribution in [0.4, 0.5) is 5.95 Å². The van der Waals surface area contributed by atoms with Crippen LogP contribution in [0.2, 0.25) is 0 Å². The zero-order valence-electron chi connectivity index (χ0n) is 10.3. The molecule has 0 amide bonds. The van der Waals surface area contributed by atoms with Gasteiger partial charge < -0.3 is 9.73 Å². The number of halogens is 1. The first kappa shape index (κ1) is 12.2. The molecular formula is C12H12BrN5O. The fourth-order valence-corrected chi connectivity index (χ4v) is 2.12. The fourth-order valence-electron chi connectivity index (χ4n) is 1.70. The number of pyridine rings is 1. The van der Waals surface area contributed by atoms with Gasteiger partial charge in [-0.25, -0.2) is 9.50 Å². The molecule has 1 N–H and O–H groups in total. The average molecular weight is 322 g/mol. The number of aromatic nitrogens is 4. The highest BCUT2D eigenvalue weighted by Crippen LogP contribution is 2.17. The maximum absolute atomic E-state index is 5.51. The van der Waals surface area contributed by atoms with Gasteiger partial charge in [0.05, 0.1) is 17.2 Å². The lowest BCUT2D eigenvalue weighted by Gasteiger charge is -1.96. The largest absolute Gasteiger partial charge is 0.444 e. The number of fused-ring (bicyclic) bond motifs is 1. The summed E-state index contributed by atoms with van der Waals surface area (Å²) in [5.74, 6) is 2.06. The number of nitrogens with one attached hydrogen (secondary N) is 1. The van der Waals surface area contributed by atoms with E-state index in [0.717, 1.165) is 22.3 Å². The first-order valence-corrected chi connectivity index (χ1v) is 6.74. The van der Waals surface area contributed by atoms with Crippen LogP contribution in [0.3, 0.4) is 0 Å². The molecule has 0 saturated heterocycles. The summed E-state index contributed by atoms with van der Waals surface area (Å²) in [6.07, 6.45) is 4.43. The third kappa shape index (κ3) is 2.46. The summed E-state index contributed by atoms with van der Waals surface area (Å²) in [5, 5.41) is 7.41. The Morgan fingerprint density at radius 2 is 2.37 bits per heavy atom. The van der Waals surface area contributed by atoms with Gasteiger partial charge in [0.25, 0.3) is 0 Å². The molecule has 3 rings (SSSR count). The molecule has 3 aromatic heterocycles. The molecule has 0 aliphatic carbocycles. The minimum Gasteiger partial charge on any atom is -0.444 e. The minimum absolute atomic E-state index is 0.467. The molecule has 98 valence electrons. The van der Waals surface area contributed by atoms with Crippen LogP contribution >= 0.6 is 15.9 Å². The molecule has 0 bridgehead atoms. The molecular weight excluding hydrogens is 310 g/mol. The Morgan fingerprint density at radius 1 is 1.47 bits per heavy atom. The standard InChI is InChI=1S/C12H12BrN5O/c1-2-8-6-14-10(19-8)7-15-12-16-11-9(13)4-3-5-18(11)17-12/h3-6H,2,7H2,1H3,(H,15,17). The molecule has 0 aromatic carbocycles. The number of anilines is 1. The van der Waals surface area contributed by atoms with E-state index in [1.54, 1.807) is 10.7 Å². The zero-order valence-corrected chi connectivity index (χ0v) is 11.9. The van der Waals surface area contributed by atoms with Crippen molar-refractivity contribution in [2.24, 2.45) is 0 Å². The highest BCUT2D eigenvalue weighted by atomic mass is 79.9. The summed E-state index contributed by atoms with van der Waals surface area (Å²) in [6.45, 7) is 2.49. The van der Waals surface area contributed by atoms with E-state index in [0.29, 0.717) is 18.4 Å². The summed E-state index contributed by atoms with van der Waals surface area (Å²) in [4.78, 5) is 8.55. The Balaban J connectivity index is 1.76. The van der Waals surface area contributed by atoms with Gasteiger partial charge in [0.15, 0.2) is 5.65 Å². The van der Waals surface area contributed by atoms with Gasteiger partial charge in [-0.15, -0.1) is 5.10 Å². The minimum atomic E-state index is 0.467. The van der Waals surface area contributed by atoms with Crippen LogP contribution in [0.15, 0.2) is 33.4 Å². The topological polar surface area (TPSA) is 68.2 Å². The molecule has 0 saturated carbocycles. The van der Waals surface area contributed by atoms with Crippen LogP contribution in [0, 0.1) is 0 Å². The van der Waals surface area contributed by atoms with Crippen LogP contribution in [0.25, 0.3) is 5.65 Å². The lowest BCUT2D eigenvalue weighted by molar-refractivity contribution is 0.465. The molecule has 0 aliphatic heterocycles. The van der Waals surface area contributed by atoms with Crippen molar-refractivity contribution in [3.05, 3.63) is 40.7 Å². The van der Waals surface area contributed by atoms with E-state index < -0.39 is 0 Å². The summed E-state index contributed by atoms with van der Waals surface area (Å²) >= 11 is 3.44. The Labute approximate surface area is 118 Å². The quantitative estimate of drug-likeness (QED) is 0.800. The first-order chi connectivity index (χ1) is 9.26. The molecule has 3 heterocycles. The van der Waals surface area contributed by atoms with Crippen LogP contribution in [-0.4, -0.2) is 19.6 Å². The van der Waals surface area contributed by atoms with Crippen molar-refractivity contribution in [1.29, 1.82) is 0 Å². The molecule has 0 atom stereocenters. The normalized spacial score (nSPS) is 11.1. The number of hydrogen-bond donors (Lipinski definition) is 1. The van der Waals surface area contributed by atoms with Gasteiger partial charge >= 0.3 is 0 Å². The lowest BCUT2D eigenvalue weighted by Crippen LogP contribution is -2.01. The second-order valence-electron chi connectivity index (χ2n) is 3.99. The third-order valence-corrected chi connectivity index (χ3v) is 3.28. The van der Waals surface area contributed by atoms with Gasteiger partial charge in [-0.3, -0.25) is 0 Å². The zero-order chi connectivity index (χ0) is 13.2. The SMILES string of the molecule is CCc1cnc(CNc2nc3c(Br)cccn3n2)o1. The highest BCUT2D eigenvalue weighted by molar-refractivity contribution is 9.10. The van der Waals surface area contributed by atoms with Gasteiger partial charge in [-0.05, 0) is 28.1 Å². The van der Waals surface area contributed by atoms with E-state index in [9.17, 15) is 0 Å². The van der Waals surface area contributed by atoms with E-state index in [2.05, 4.69) is 36.3 Å². The van der Waals surface area contributed by atoms with Crippen LogP contribution < -0.4 is 5.32 Å². The monoisotopic (exact) mass is 321 g/mol. The molecule has 0 fully saturated rings. The van der Waals surface area contributed by atoms with Crippen molar-refractivity contribution < 1.29 is 4.42 Å². The number of aryl methyl sites for hydroxylation is 1. The molecule has 0 aliphatic rings. The van der Waals surface area contributed by atoms with Gasteiger partial charge in [-0.1, -0.05) is 6.92 Å². The summed E-state index contributed by atoms with van der Waals surface area (Å²) in [6, 6.07) is 3.83. The van der Waals surface area contributed by atoms with Crippen molar-refractivity contribution in [1.82, 2.24) is 19.6 Å². The molecule has 6 nitrogen and oxygen atoms in total. The lowest BCUT2D eigenvalue weighted by atomic mass is 10.4. The fraction of sp³-hybridized carbons (Fsp3) is 0.250. The summed E-state index contributed by atoms with van der Waals surface area (Å²) in [7, 11) is 0. The summed E-state index contributed by atoms with van der Waals surface area (Å²) < 4.78 is 8.12. The van der Waals surface area contributed by atoms with Crippen LogP contribution in [-0.2, 0) is 13.0 Å². The molecule has 7 heteroatoms. The van der Waals surface area contributed by atoms with Gasteiger partial charge in [0.1, 0.15) is 5.76 Å². The molecule has 0 unspecified atom stereocenters. The van der Waals surface area contributed by atoms with Crippen molar-refractivity contribution in [2.75, 3.05) is 5.32 Å². The predicted octanol–water partition coefficient (Wildman–Crippen LogP) is 2.65. The molecule has 19 heavy (non-hydrogen) atoms. The number of nitrogens with zero attached hydrogens (tertiary/aromatic N) is 4. The van der Waals surface area contributed by atoms with E-state index in [-0.39, 0.29) is 0 Å². The highest BCUT2D eigenvalue weighted by Gasteiger charge is 2.07. The van der Waals surface area contributed by atoms with Crippen LogP contribution in [0.5, 0.6) is 0 Å². The number of oxazole rings is 1. The molecule has 0 radical (unpaired) electrons. The number of hydrogen-bond acceptors (Lipinski definition) is 5. The second-order valence-corrected chi connectivity index (χ2v) is 4.84. The maximum atomic E-state index is 5.51. The van der Waals surface area contributed by atoms with E-state index in [1.807, 2.05) is 25.3 Å². The smallest absolute Gasteiger partial charge is 0.243 e. The molecule has 0 spiro atoms. The van der Waals surface area contributed by atoms with E-state index >= 15 is 0 Å². The van der Waals surface area contributed by atoms with E-state index in [1.165, 1.54) is 0 Å². The molecule has 3 aromatic rings. The number of rotatable bonds is 4. The van der Waals surface area contributed by atoms with Crippen LogP contribution in [0.1, 0.15) is 18.6 Å². The van der Waals surface area contributed by atoms with Gasteiger partial charge in [0.2, 0.25) is 11.8 Å². The Bertz CT molecular complexity index is 705. The van der Waals surface area contributed by atoms with E-state index in [4.69, 9.17) is 4.42 Å². The second kappa shape index (κ2) is 5.00. The average Bonchev–Trinajstić information content (AvgIpc) is 3.03. The van der Waals surface area contributed by atoms with Crippen molar-refractivity contribution in [3.8, 4) is 0 Å². The first-order valence-electron chi connectivity index (χ1n) is 5.94. The third-order valence-electron chi connectivity index (χ3n) is 2.66. The summed E-state index contributed by atoms with van der Waals surface area (Å²) in [5.41, 5.74) is 0.770. The maximum Gasteiger partial charge on any atom is 0.243 e. The van der Waals surface area contributed by atoms with Crippen molar-refractivity contribution in [2.45, 2.75) is 19.9 Å². The Morgan fingerprint density at radius 3 is 3.11 bits per heavy atom.